The number of fused-ring (bicyclic) bond motifs is 2. The molecule has 4 aromatic rings. The molecule has 0 fully saturated rings. The van der Waals surface area contributed by atoms with Crippen molar-refractivity contribution in [1.29, 1.82) is 0 Å². The fourth-order valence-corrected chi connectivity index (χ4v) is 4.22. The van der Waals surface area contributed by atoms with Crippen LogP contribution < -0.4 is 5.73 Å². The molecular weight excluding hydrogens is 377 g/mol. The molecule has 0 bridgehead atoms. The van der Waals surface area contributed by atoms with Gasteiger partial charge in [-0.2, -0.15) is 13.2 Å². The van der Waals surface area contributed by atoms with Crippen LogP contribution in [0.5, 0.6) is 5.75 Å². The summed E-state index contributed by atoms with van der Waals surface area (Å²) in [6.07, 6.45) is -5.08. The van der Waals surface area contributed by atoms with Crippen LogP contribution in [0.4, 0.5) is 18.9 Å². The van der Waals surface area contributed by atoms with Gasteiger partial charge in [0.1, 0.15) is 10.8 Å². The van der Waals surface area contributed by atoms with Gasteiger partial charge in [-0.05, 0) is 24.3 Å². The number of hydrogen-bond acceptors (Lipinski definition) is 5. The summed E-state index contributed by atoms with van der Waals surface area (Å²) in [6, 6.07) is 13.1. The fourth-order valence-electron chi connectivity index (χ4n) is 3.13. The average Bonchev–Trinajstić information content (AvgIpc) is 3.05. The summed E-state index contributed by atoms with van der Waals surface area (Å²) in [5.74, 6) is -0.404. The second kappa shape index (κ2) is 5.83. The molecule has 0 radical (unpaired) electrons. The Labute approximate surface area is 155 Å². The number of thiazole rings is 1. The van der Waals surface area contributed by atoms with Crippen LogP contribution in [0.15, 0.2) is 54.6 Å². The molecule has 0 saturated carbocycles. The van der Waals surface area contributed by atoms with Gasteiger partial charge in [-0.15, -0.1) is 11.3 Å². The average molecular weight is 390 g/mol. The quantitative estimate of drug-likeness (QED) is 0.439. The number of aromatic hydroxyl groups is 1. The van der Waals surface area contributed by atoms with Crippen LogP contribution in [-0.2, 0) is 5.60 Å². The molecular formula is C19H13F3N2O2S. The van der Waals surface area contributed by atoms with Crippen molar-refractivity contribution < 1.29 is 23.4 Å². The van der Waals surface area contributed by atoms with E-state index in [1.54, 1.807) is 24.3 Å². The lowest BCUT2D eigenvalue weighted by Crippen LogP contribution is -2.43. The van der Waals surface area contributed by atoms with Crippen LogP contribution in [0.25, 0.3) is 21.0 Å². The van der Waals surface area contributed by atoms with Crippen LogP contribution in [-0.4, -0.2) is 21.4 Å². The molecule has 0 unspecified atom stereocenters. The number of alkyl halides is 3. The summed E-state index contributed by atoms with van der Waals surface area (Å²) in [4.78, 5) is 4.02. The molecule has 0 amide bonds. The molecule has 4 N–H and O–H groups in total. The van der Waals surface area contributed by atoms with Gasteiger partial charge in [0.05, 0.1) is 10.2 Å². The lowest BCUT2D eigenvalue weighted by molar-refractivity contribution is -0.247. The van der Waals surface area contributed by atoms with E-state index in [4.69, 9.17) is 5.73 Å². The van der Waals surface area contributed by atoms with Gasteiger partial charge in [0, 0.05) is 22.0 Å². The van der Waals surface area contributed by atoms with Crippen molar-refractivity contribution in [1.82, 2.24) is 4.98 Å². The van der Waals surface area contributed by atoms with Gasteiger partial charge in [0.25, 0.3) is 0 Å². The molecule has 0 aliphatic carbocycles. The van der Waals surface area contributed by atoms with Gasteiger partial charge in [-0.3, -0.25) is 0 Å². The largest absolute Gasteiger partial charge is 0.507 e. The molecule has 27 heavy (non-hydrogen) atoms. The zero-order valence-electron chi connectivity index (χ0n) is 13.7. The minimum atomic E-state index is -5.08. The highest BCUT2D eigenvalue weighted by atomic mass is 32.1. The fraction of sp³-hybridized carbons (Fsp3) is 0.105. The monoisotopic (exact) mass is 390 g/mol. The van der Waals surface area contributed by atoms with E-state index in [9.17, 15) is 23.4 Å². The van der Waals surface area contributed by atoms with Gasteiger partial charge in [-0.1, -0.05) is 30.3 Å². The van der Waals surface area contributed by atoms with E-state index in [0.29, 0.717) is 10.2 Å². The molecule has 0 spiro atoms. The van der Waals surface area contributed by atoms with Crippen molar-refractivity contribution in [3.05, 3.63) is 65.2 Å². The number of aliphatic hydroxyl groups is 1. The zero-order chi connectivity index (χ0) is 19.4. The maximum atomic E-state index is 14.2. The van der Waals surface area contributed by atoms with Crippen molar-refractivity contribution in [3.63, 3.8) is 0 Å². The number of nitrogens with zero attached hydrogens (tertiary/aromatic N) is 1. The number of hydrogen-bond donors (Lipinski definition) is 3. The first-order chi connectivity index (χ1) is 12.7. The molecule has 0 aliphatic rings. The lowest BCUT2D eigenvalue weighted by atomic mass is 9.88. The van der Waals surface area contributed by atoms with Crippen LogP contribution in [0.3, 0.4) is 0 Å². The number of phenols is 1. The second-order valence-corrected chi connectivity index (χ2v) is 7.13. The summed E-state index contributed by atoms with van der Waals surface area (Å²) in [7, 11) is 0. The molecule has 1 aromatic heterocycles. The molecule has 1 heterocycles. The van der Waals surface area contributed by atoms with E-state index in [1.807, 2.05) is 0 Å². The summed E-state index contributed by atoms with van der Waals surface area (Å²) in [6.45, 7) is 0. The topological polar surface area (TPSA) is 79.4 Å². The van der Waals surface area contributed by atoms with E-state index in [0.717, 1.165) is 17.4 Å². The van der Waals surface area contributed by atoms with E-state index >= 15 is 0 Å². The van der Waals surface area contributed by atoms with Crippen LogP contribution in [0.2, 0.25) is 0 Å². The van der Waals surface area contributed by atoms with Crippen LogP contribution in [0.1, 0.15) is 10.6 Å². The third-order valence-electron chi connectivity index (χ3n) is 4.46. The van der Waals surface area contributed by atoms with Crippen molar-refractivity contribution in [2.24, 2.45) is 0 Å². The zero-order valence-corrected chi connectivity index (χ0v) is 14.5. The number of nitrogen functional groups attached to an aromatic ring is 1. The summed E-state index contributed by atoms with van der Waals surface area (Å²) < 4.78 is 43.0. The lowest BCUT2D eigenvalue weighted by Gasteiger charge is -2.30. The Balaban J connectivity index is 2.11. The maximum absolute atomic E-state index is 14.2. The molecule has 0 aliphatic heterocycles. The first kappa shape index (κ1) is 17.6. The Morgan fingerprint density at radius 3 is 2.41 bits per heavy atom. The molecule has 4 rings (SSSR count). The maximum Gasteiger partial charge on any atom is 0.428 e. The molecule has 3 aromatic carbocycles. The smallest absolute Gasteiger partial charge is 0.428 e. The Bertz CT molecular complexity index is 1140. The highest BCUT2D eigenvalue weighted by Crippen LogP contribution is 2.50. The Hall–Kier alpha value is -2.84. The predicted octanol–water partition coefficient (Wildman–Crippen LogP) is 4.54. The van der Waals surface area contributed by atoms with Crippen LogP contribution in [0, 0.1) is 0 Å². The molecule has 1 atom stereocenters. The number of aromatic nitrogens is 1. The predicted molar refractivity (Wildman–Crippen MR) is 98.7 cm³/mol. The number of anilines is 1. The molecule has 8 heteroatoms. The van der Waals surface area contributed by atoms with Crippen LogP contribution >= 0.6 is 11.3 Å². The summed E-state index contributed by atoms with van der Waals surface area (Å²) in [5, 5.41) is 20.8. The number of phenolic OH excluding ortho intramolecular Hbond substituents is 1. The first-order valence-corrected chi connectivity index (χ1v) is 8.71. The standard InChI is InChI=1S/C19H13F3N2O2S/c20-19(21,22)18(26,17-24-13-5-1-2-7-15(13)27-17)11-8-9-12(23)10-4-3-6-14(25)16(10)11/h1-9,25-26H,23H2/t18-/m1/s1. The molecule has 4 nitrogen and oxygen atoms in total. The third-order valence-corrected chi connectivity index (χ3v) is 5.60. The van der Waals surface area contributed by atoms with Gasteiger partial charge in [-0.25, -0.2) is 4.98 Å². The number of nitrogens with two attached hydrogens (primary N) is 1. The summed E-state index contributed by atoms with van der Waals surface area (Å²) >= 11 is 0.751. The second-order valence-electron chi connectivity index (χ2n) is 6.10. The molecule has 138 valence electrons. The third kappa shape index (κ3) is 2.52. The van der Waals surface area contributed by atoms with Gasteiger partial charge >= 0.3 is 6.18 Å². The first-order valence-electron chi connectivity index (χ1n) is 7.89. The minimum Gasteiger partial charge on any atom is -0.507 e. The van der Waals surface area contributed by atoms with Gasteiger partial charge in [0.15, 0.2) is 0 Å². The van der Waals surface area contributed by atoms with E-state index in [1.165, 1.54) is 24.3 Å². The van der Waals surface area contributed by atoms with Crippen molar-refractivity contribution in [3.8, 4) is 5.75 Å². The van der Waals surface area contributed by atoms with Gasteiger partial charge < -0.3 is 15.9 Å². The number of rotatable bonds is 2. The van der Waals surface area contributed by atoms with Gasteiger partial charge in [0.2, 0.25) is 5.60 Å². The molecule has 0 saturated heterocycles. The van der Waals surface area contributed by atoms with E-state index in [2.05, 4.69) is 4.98 Å². The van der Waals surface area contributed by atoms with Crippen molar-refractivity contribution in [2.45, 2.75) is 11.8 Å². The number of para-hydroxylation sites is 1. The Kier molecular flexibility index (Phi) is 3.79. The SMILES string of the molecule is Nc1ccc([C@@](O)(c2nc3ccccc3s2)C(F)(F)F)c2c(O)cccc12. The number of benzene rings is 3. The number of halogens is 3. The van der Waals surface area contributed by atoms with E-state index < -0.39 is 28.1 Å². The van der Waals surface area contributed by atoms with Crippen molar-refractivity contribution in [2.75, 3.05) is 5.73 Å². The van der Waals surface area contributed by atoms with E-state index in [-0.39, 0.29) is 16.5 Å². The normalized spacial score (nSPS) is 14.5. The summed E-state index contributed by atoms with van der Waals surface area (Å²) in [5.41, 5.74) is 2.48. The highest BCUT2D eigenvalue weighted by molar-refractivity contribution is 7.18. The Morgan fingerprint density at radius 2 is 1.70 bits per heavy atom. The van der Waals surface area contributed by atoms with Crippen molar-refractivity contribution >= 4 is 38.0 Å². The Morgan fingerprint density at radius 1 is 0.963 bits per heavy atom. The highest BCUT2D eigenvalue weighted by Gasteiger charge is 2.59. The minimum absolute atomic E-state index is 0.156.